The summed E-state index contributed by atoms with van der Waals surface area (Å²) in [6.45, 7) is 0.433. The van der Waals surface area contributed by atoms with Gasteiger partial charge in [-0.15, -0.1) is 0 Å². The van der Waals surface area contributed by atoms with E-state index in [1.165, 1.54) is 29.2 Å². The van der Waals surface area contributed by atoms with Crippen molar-refractivity contribution in [2.24, 2.45) is 0 Å². The van der Waals surface area contributed by atoms with Crippen molar-refractivity contribution < 1.29 is 19.2 Å². The van der Waals surface area contributed by atoms with Crippen molar-refractivity contribution in [2.45, 2.75) is 18.9 Å². The monoisotopic (exact) mass is 369 g/mol. The van der Waals surface area contributed by atoms with Crippen molar-refractivity contribution in [3.05, 3.63) is 64.2 Å². The molecule has 1 atom stereocenters. The first-order valence-corrected chi connectivity index (χ1v) is 8.50. The largest absolute Gasteiger partial charge is 0.497 e. The number of nitro groups is 1. The van der Waals surface area contributed by atoms with Crippen LogP contribution < -0.4 is 10.1 Å². The Morgan fingerprint density at radius 2 is 1.96 bits per heavy atom. The highest BCUT2D eigenvalue weighted by molar-refractivity contribution is 6.01. The van der Waals surface area contributed by atoms with Crippen molar-refractivity contribution in [2.75, 3.05) is 19.0 Å². The molecule has 1 fully saturated rings. The molecule has 0 spiro atoms. The second-order valence-corrected chi connectivity index (χ2v) is 6.18. The van der Waals surface area contributed by atoms with E-state index in [0.717, 1.165) is 0 Å². The number of nitro benzene ring substituents is 1. The van der Waals surface area contributed by atoms with E-state index in [0.29, 0.717) is 30.8 Å². The van der Waals surface area contributed by atoms with E-state index in [1.54, 1.807) is 31.4 Å². The number of anilines is 1. The number of carbonyl (C=O) groups excluding carboxylic acids is 2. The van der Waals surface area contributed by atoms with Gasteiger partial charge in [-0.05, 0) is 43.2 Å². The molecule has 3 rings (SSSR count). The van der Waals surface area contributed by atoms with Crippen LogP contribution in [0.2, 0.25) is 0 Å². The third kappa shape index (κ3) is 4.05. The molecule has 0 aliphatic carbocycles. The van der Waals surface area contributed by atoms with Gasteiger partial charge in [0.25, 0.3) is 11.6 Å². The molecular formula is C19H19N3O5. The minimum Gasteiger partial charge on any atom is -0.497 e. The molecule has 1 heterocycles. The summed E-state index contributed by atoms with van der Waals surface area (Å²) in [6.07, 6.45) is 1.24. The summed E-state index contributed by atoms with van der Waals surface area (Å²) >= 11 is 0. The lowest BCUT2D eigenvalue weighted by Crippen LogP contribution is -2.43. The Morgan fingerprint density at radius 1 is 1.22 bits per heavy atom. The number of likely N-dealkylation sites (tertiary alicyclic amines) is 1. The zero-order valence-corrected chi connectivity index (χ0v) is 14.8. The van der Waals surface area contributed by atoms with Crippen LogP contribution in [0.3, 0.4) is 0 Å². The molecule has 27 heavy (non-hydrogen) atoms. The minimum atomic E-state index is -0.612. The Morgan fingerprint density at radius 3 is 2.63 bits per heavy atom. The van der Waals surface area contributed by atoms with E-state index in [2.05, 4.69) is 5.32 Å². The van der Waals surface area contributed by atoms with E-state index in [1.807, 2.05) is 0 Å². The summed E-state index contributed by atoms with van der Waals surface area (Å²) in [5.41, 5.74) is 0.656. The maximum absolute atomic E-state index is 12.8. The fourth-order valence-corrected chi connectivity index (χ4v) is 3.10. The number of non-ortho nitro benzene ring substituents is 1. The molecule has 0 bridgehead atoms. The van der Waals surface area contributed by atoms with Gasteiger partial charge in [0, 0.05) is 29.9 Å². The summed E-state index contributed by atoms with van der Waals surface area (Å²) in [5.74, 6) is 0.0128. The van der Waals surface area contributed by atoms with Gasteiger partial charge in [-0.2, -0.15) is 0 Å². The van der Waals surface area contributed by atoms with Gasteiger partial charge in [0.05, 0.1) is 12.0 Å². The van der Waals surface area contributed by atoms with E-state index < -0.39 is 11.0 Å². The van der Waals surface area contributed by atoms with E-state index in [-0.39, 0.29) is 23.1 Å². The molecule has 2 aromatic rings. The van der Waals surface area contributed by atoms with Crippen LogP contribution in [0.5, 0.6) is 5.75 Å². The van der Waals surface area contributed by atoms with Crippen LogP contribution in [0.25, 0.3) is 0 Å². The highest BCUT2D eigenvalue weighted by Crippen LogP contribution is 2.24. The normalized spacial score (nSPS) is 16.0. The zero-order valence-electron chi connectivity index (χ0n) is 14.8. The number of benzene rings is 2. The van der Waals surface area contributed by atoms with Crippen molar-refractivity contribution in [1.82, 2.24) is 4.90 Å². The molecule has 0 radical (unpaired) electrons. The standard InChI is InChI=1S/C19H19N3O5/c1-27-16-9-7-14(8-10-16)20-18(23)17-6-3-11-21(17)19(24)13-4-2-5-15(12-13)22(25)26/h2,4-5,7-10,12,17H,3,6,11H2,1H3,(H,20,23). The quantitative estimate of drug-likeness (QED) is 0.645. The molecule has 1 aliphatic heterocycles. The first kappa shape index (κ1) is 18.4. The van der Waals surface area contributed by atoms with Crippen LogP contribution in [0.15, 0.2) is 48.5 Å². The molecule has 1 N–H and O–H groups in total. The lowest BCUT2D eigenvalue weighted by molar-refractivity contribution is -0.384. The van der Waals surface area contributed by atoms with Crippen molar-refractivity contribution in [3.63, 3.8) is 0 Å². The number of ether oxygens (including phenoxy) is 1. The topological polar surface area (TPSA) is 102 Å². The summed E-state index contributed by atoms with van der Waals surface area (Å²) in [6, 6.07) is 11.8. The predicted octanol–water partition coefficient (Wildman–Crippen LogP) is 2.85. The summed E-state index contributed by atoms with van der Waals surface area (Å²) < 4.78 is 5.08. The van der Waals surface area contributed by atoms with Crippen LogP contribution in [0.4, 0.5) is 11.4 Å². The predicted molar refractivity (Wildman–Crippen MR) is 98.8 cm³/mol. The van der Waals surface area contributed by atoms with Gasteiger partial charge in [-0.25, -0.2) is 0 Å². The molecule has 0 aromatic heterocycles. The Hall–Kier alpha value is -3.42. The van der Waals surface area contributed by atoms with Gasteiger partial charge in [0.15, 0.2) is 0 Å². The van der Waals surface area contributed by atoms with Crippen LogP contribution in [0.1, 0.15) is 23.2 Å². The minimum absolute atomic E-state index is 0.153. The van der Waals surface area contributed by atoms with Crippen LogP contribution in [0, 0.1) is 10.1 Å². The van der Waals surface area contributed by atoms with Gasteiger partial charge < -0.3 is 15.0 Å². The average molecular weight is 369 g/mol. The molecule has 1 saturated heterocycles. The Balaban J connectivity index is 1.73. The molecule has 1 unspecified atom stereocenters. The highest BCUT2D eigenvalue weighted by atomic mass is 16.6. The number of nitrogens with zero attached hydrogens (tertiary/aromatic N) is 2. The number of methoxy groups -OCH3 is 1. The smallest absolute Gasteiger partial charge is 0.270 e. The van der Waals surface area contributed by atoms with Gasteiger partial charge in [-0.3, -0.25) is 19.7 Å². The average Bonchev–Trinajstić information content (AvgIpc) is 3.18. The van der Waals surface area contributed by atoms with Gasteiger partial charge >= 0.3 is 0 Å². The van der Waals surface area contributed by atoms with Gasteiger partial charge in [0.2, 0.25) is 5.91 Å². The number of hydrogen-bond donors (Lipinski definition) is 1. The summed E-state index contributed by atoms with van der Waals surface area (Å²) in [5, 5.41) is 13.7. The van der Waals surface area contributed by atoms with Gasteiger partial charge in [0.1, 0.15) is 11.8 Å². The molecule has 8 nitrogen and oxygen atoms in total. The van der Waals surface area contributed by atoms with E-state index >= 15 is 0 Å². The van der Waals surface area contributed by atoms with E-state index in [9.17, 15) is 19.7 Å². The van der Waals surface area contributed by atoms with Crippen molar-refractivity contribution in [1.29, 1.82) is 0 Å². The number of nitrogens with one attached hydrogen (secondary N) is 1. The maximum atomic E-state index is 12.8. The lowest BCUT2D eigenvalue weighted by Gasteiger charge is -2.24. The fourth-order valence-electron chi connectivity index (χ4n) is 3.10. The second kappa shape index (κ2) is 7.86. The van der Waals surface area contributed by atoms with Crippen LogP contribution in [-0.2, 0) is 4.79 Å². The Labute approximate surface area is 155 Å². The van der Waals surface area contributed by atoms with Gasteiger partial charge in [-0.1, -0.05) is 6.07 Å². The van der Waals surface area contributed by atoms with E-state index in [4.69, 9.17) is 4.74 Å². The fraction of sp³-hybridized carbons (Fsp3) is 0.263. The Bertz CT molecular complexity index is 866. The van der Waals surface area contributed by atoms with Crippen molar-refractivity contribution >= 4 is 23.2 Å². The number of amides is 2. The van der Waals surface area contributed by atoms with Crippen molar-refractivity contribution in [3.8, 4) is 5.75 Å². The van der Waals surface area contributed by atoms with Crippen LogP contribution >= 0.6 is 0 Å². The Kier molecular flexibility index (Phi) is 5.35. The molecule has 0 saturated carbocycles. The third-order valence-corrected chi connectivity index (χ3v) is 4.48. The molecule has 8 heteroatoms. The maximum Gasteiger partial charge on any atom is 0.270 e. The van der Waals surface area contributed by atoms with Crippen LogP contribution in [-0.4, -0.2) is 41.3 Å². The summed E-state index contributed by atoms with van der Waals surface area (Å²) in [7, 11) is 1.56. The molecule has 1 aliphatic rings. The lowest BCUT2D eigenvalue weighted by atomic mass is 10.1. The molecular weight excluding hydrogens is 350 g/mol. The SMILES string of the molecule is COc1ccc(NC(=O)C2CCCN2C(=O)c2cccc([N+](=O)[O-])c2)cc1. The molecule has 2 aromatic carbocycles. The second-order valence-electron chi connectivity index (χ2n) is 6.18. The highest BCUT2D eigenvalue weighted by Gasteiger charge is 2.34. The first-order valence-electron chi connectivity index (χ1n) is 8.50. The molecule has 2 amide bonds. The number of carbonyl (C=O) groups is 2. The third-order valence-electron chi connectivity index (χ3n) is 4.48. The molecule has 140 valence electrons. The first-order chi connectivity index (χ1) is 13.0. The number of rotatable bonds is 5. The zero-order chi connectivity index (χ0) is 19.4. The summed E-state index contributed by atoms with van der Waals surface area (Å²) in [4.78, 5) is 37.3. The number of hydrogen-bond acceptors (Lipinski definition) is 5.